The molecule has 0 spiro atoms. The highest BCUT2D eigenvalue weighted by atomic mass is 16.5. The number of rotatable bonds is 10. The number of aliphatic imine (C=N–C) groups is 1. The minimum atomic E-state index is 0.283. The van der Waals surface area contributed by atoms with Crippen LogP contribution in [-0.2, 0) is 6.54 Å². The molecule has 2 N–H and O–H groups in total. The molecular formula is C23H34N4O2. The summed E-state index contributed by atoms with van der Waals surface area (Å²) in [5, 5.41) is 6.86. The van der Waals surface area contributed by atoms with Crippen LogP contribution in [0.4, 0.5) is 0 Å². The van der Waals surface area contributed by atoms with Crippen molar-refractivity contribution in [1.82, 2.24) is 15.5 Å². The zero-order chi connectivity index (χ0) is 21.1. The maximum atomic E-state index is 5.38. The van der Waals surface area contributed by atoms with Crippen molar-refractivity contribution in [3.63, 3.8) is 0 Å². The summed E-state index contributed by atoms with van der Waals surface area (Å²) in [6.45, 7) is 7.80. The van der Waals surface area contributed by atoms with Gasteiger partial charge in [-0.3, -0.25) is 9.89 Å². The molecule has 0 fully saturated rings. The van der Waals surface area contributed by atoms with Gasteiger partial charge in [0.15, 0.2) is 17.5 Å². The molecule has 1 unspecified atom stereocenters. The number of guanidine groups is 1. The van der Waals surface area contributed by atoms with Gasteiger partial charge in [0.1, 0.15) is 0 Å². The van der Waals surface area contributed by atoms with Crippen LogP contribution in [0.15, 0.2) is 53.5 Å². The number of benzene rings is 2. The summed E-state index contributed by atoms with van der Waals surface area (Å²) in [7, 11) is 5.08. The number of nitrogens with zero attached hydrogens (tertiary/aromatic N) is 2. The van der Waals surface area contributed by atoms with Gasteiger partial charge in [0, 0.05) is 20.1 Å². The van der Waals surface area contributed by atoms with E-state index in [0.717, 1.165) is 42.7 Å². The van der Waals surface area contributed by atoms with Crippen LogP contribution in [0.2, 0.25) is 0 Å². The lowest BCUT2D eigenvalue weighted by Crippen LogP contribution is -2.43. The molecule has 0 saturated carbocycles. The normalized spacial score (nSPS) is 12.6. The zero-order valence-electron chi connectivity index (χ0n) is 18.2. The lowest BCUT2D eigenvalue weighted by atomic mass is 10.1. The minimum Gasteiger partial charge on any atom is -0.493 e. The summed E-state index contributed by atoms with van der Waals surface area (Å²) in [6, 6.07) is 16.8. The van der Waals surface area contributed by atoms with Crippen molar-refractivity contribution in [2.75, 3.05) is 40.9 Å². The van der Waals surface area contributed by atoms with E-state index in [1.54, 1.807) is 21.3 Å². The van der Waals surface area contributed by atoms with Crippen molar-refractivity contribution < 1.29 is 9.47 Å². The molecule has 0 saturated heterocycles. The minimum absolute atomic E-state index is 0.283. The standard InChI is InChI=1S/C23H34N4O2/c1-6-27(7-2)20(19-11-9-8-10-12-19)17-26-23(24-3)25-16-18-13-14-21(28-4)22(15-18)29-5/h8-15,20H,6-7,16-17H2,1-5H3,(H2,24,25,26). The number of methoxy groups -OCH3 is 2. The predicted octanol–water partition coefficient (Wildman–Crippen LogP) is 3.45. The van der Waals surface area contributed by atoms with E-state index in [4.69, 9.17) is 9.47 Å². The molecule has 158 valence electrons. The Morgan fingerprint density at radius 2 is 1.66 bits per heavy atom. The highest BCUT2D eigenvalue weighted by Crippen LogP contribution is 2.27. The average Bonchev–Trinajstić information content (AvgIpc) is 2.78. The van der Waals surface area contributed by atoms with Crippen LogP contribution in [-0.4, -0.2) is 51.8 Å². The highest BCUT2D eigenvalue weighted by molar-refractivity contribution is 5.79. The molecule has 1 atom stereocenters. The first-order valence-corrected chi connectivity index (χ1v) is 10.1. The molecule has 0 radical (unpaired) electrons. The molecule has 6 nitrogen and oxygen atoms in total. The maximum absolute atomic E-state index is 5.38. The second-order valence-electron chi connectivity index (χ2n) is 6.64. The van der Waals surface area contributed by atoms with Crippen molar-refractivity contribution >= 4 is 5.96 Å². The van der Waals surface area contributed by atoms with Crippen LogP contribution in [0.1, 0.15) is 31.0 Å². The fourth-order valence-corrected chi connectivity index (χ4v) is 3.39. The quantitative estimate of drug-likeness (QED) is 0.474. The van der Waals surface area contributed by atoms with E-state index in [9.17, 15) is 0 Å². The third kappa shape index (κ3) is 6.39. The second kappa shape index (κ2) is 12.0. The molecule has 0 aliphatic carbocycles. The van der Waals surface area contributed by atoms with Gasteiger partial charge in [-0.25, -0.2) is 0 Å². The van der Waals surface area contributed by atoms with Gasteiger partial charge in [0.05, 0.1) is 20.3 Å². The summed E-state index contributed by atoms with van der Waals surface area (Å²) in [4.78, 5) is 6.82. The van der Waals surface area contributed by atoms with Crippen LogP contribution < -0.4 is 20.1 Å². The van der Waals surface area contributed by atoms with Crippen LogP contribution in [0, 0.1) is 0 Å². The fraction of sp³-hybridized carbons (Fsp3) is 0.435. The Morgan fingerprint density at radius 3 is 2.24 bits per heavy atom. The third-order valence-corrected chi connectivity index (χ3v) is 5.03. The van der Waals surface area contributed by atoms with Gasteiger partial charge < -0.3 is 20.1 Å². The van der Waals surface area contributed by atoms with Gasteiger partial charge in [-0.15, -0.1) is 0 Å². The van der Waals surface area contributed by atoms with Crippen molar-refractivity contribution in [2.24, 2.45) is 4.99 Å². The SMILES string of the molecule is CCN(CC)C(CNC(=NC)NCc1ccc(OC)c(OC)c1)c1ccccc1. The van der Waals surface area contributed by atoms with Crippen LogP contribution in [0.3, 0.4) is 0 Å². The topological polar surface area (TPSA) is 58.1 Å². The van der Waals surface area contributed by atoms with Gasteiger partial charge in [-0.2, -0.15) is 0 Å². The molecule has 0 bridgehead atoms. The lowest BCUT2D eigenvalue weighted by molar-refractivity contribution is 0.219. The summed E-state index contributed by atoms with van der Waals surface area (Å²) >= 11 is 0. The van der Waals surface area contributed by atoms with E-state index in [0.29, 0.717) is 6.54 Å². The van der Waals surface area contributed by atoms with Gasteiger partial charge >= 0.3 is 0 Å². The summed E-state index contributed by atoms with van der Waals surface area (Å²) < 4.78 is 10.7. The first-order valence-electron chi connectivity index (χ1n) is 10.1. The zero-order valence-corrected chi connectivity index (χ0v) is 18.2. The van der Waals surface area contributed by atoms with Crippen LogP contribution in [0.25, 0.3) is 0 Å². The van der Waals surface area contributed by atoms with E-state index in [1.807, 2.05) is 18.2 Å². The largest absolute Gasteiger partial charge is 0.493 e. The molecule has 0 aromatic heterocycles. The Labute approximate surface area is 174 Å². The predicted molar refractivity (Wildman–Crippen MR) is 120 cm³/mol. The van der Waals surface area contributed by atoms with E-state index in [1.165, 1.54) is 5.56 Å². The van der Waals surface area contributed by atoms with E-state index >= 15 is 0 Å². The molecule has 0 amide bonds. The molecule has 2 aromatic carbocycles. The van der Waals surface area contributed by atoms with Gasteiger partial charge in [0.2, 0.25) is 0 Å². The molecule has 6 heteroatoms. The molecule has 2 rings (SSSR count). The van der Waals surface area contributed by atoms with Gasteiger partial charge in [-0.1, -0.05) is 50.2 Å². The first kappa shape index (κ1) is 22.6. The molecule has 0 aliphatic rings. The smallest absolute Gasteiger partial charge is 0.191 e. The fourth-order valence-electron chi connectivity index (χ4n) is 3.39. The maximum Gasteiger partial charge on any atom is 0.191 e. The number of hydrogen-bond acceptors (Lipinski definition) is 4. The Hall–Kier alpha value is -2.73. The molecular weight excluding hydrogens is 364 g/mol. The number of likely N-dealkylation sites (N-methyl/N-ethyl adjacent to an activating group) is 1. The van der Waals surface area contributed by atoms with Crippen molar-refractivity contribution in [3.05, 3.63) is 59.7 Å². The van der Waals surface area contributed by atoms with Crippen molar-refractivity contribution in [3.8, 4) is 11.5 Å². The van der Waals surface area contributed by atoms with E-state index < -0.39 is 0 Å². The number of hydrogen-bond donors (Lipinski definition) is 2. The Bertz CT molecular complexity index is 761. The van der Waals surface area contributed by atoms with Gasteiger partial charge in [-0.05, 0) is 36.3 Å². The first-order chi connectivity index (χ1) is 14.2. The van der Waals surface area contributed by atoms with Crippen molar-refractivity contribution in [2.45, 2.75) is 26.4 Å². The Balaban J connectivity index is 2.01. The monoisotopic (exact) mass is 398 g/mol. The molecule has 0 heterocycles. The summed E-state index contributed by atoms with van der Waals surface area (Å²) in [5.74, 6) is 2.22. The second-order valence-corrected chi connectivity index (χ2v) is 6.64. The Morgan fingerprint density at radius 1 is 0.966 bits per heavy atom. The lowest BCUT2D eigenvalue weighted by Gasteiger charge is -2.30. The van der Waals surface area contributed by atoms with Gasteiger partial charge in [0.25, 0.3) is 0 Å². The van der Waals surface area contributed by atoms with E-state index in [-0.39, 0.29) is 6.04 Å². The molecule has 29 heavy (non-hydrogen) atoms. The van der Waals surface area contributed by atoms with Crippen LogP contribution in [0.5, 0.6) is 11.5 Å². The molecule has 0 aliphatic heterocycles. The number of nitrogens with one attached hydrogen (secondary N) is 2. The Kier molecular flexibility index (Phi) is 9.31. The molecule has 2 aromatic rings. The summed E-state index contributed by atoms with van der Waals surface area (Å²) in [5.41, 5.74) is 2.40. The summed E-state index contributed by atoms with van der Waals surface area (Å²) in [6.07, 6.45) is 0. The van der Waals surface area contributed by atoms with Crippen LogP contribution >= 0.6 is 0 Å². The number of ether oxygens (including phenoxy) is 2. The average molecular weight is 399 g/mol. The van der Waals surface area contributed by atoms with Crippen molar-refractivity contribution in [1.29, 1.82) is 0 Å². The van der Waals surface area contributed by atoms with E-state index in [2.05, 4.69) is 64.7 Å². The highest BCUT2D eigenvalue weighted by Gasteiger charge is 2.18. The third-order valence-electron chi connectivity index (χ3n) is 5.03.